The van der Waals surface area contributed by atoms with Gasteiger partial charge in [0.2, 0.25) is 0 Å². The lowest BCUT2D eigenvalue weighted by Crippen LogP contribution is -3.28. The number of ether oxygens (including phenoxy) is 2. The van der Waals surface area contributed by atoms with Crippen LogP contribution < -0.4 is 19.3 Å². The maximum Gasteiger partial charge on any atom is 0.183 e. The summed E-state index contributed by atoms with van der Waals surface area (Å²) in [6, 6.07) is 7.78. The average molecular weight is 365 g/mol. The summed E-state index contributed by atoms with van der Waals surface area (Å²) in [5, 5.41) is 0. The molecule has 0 saturated carbocycles. The minimum atomic E-state index is 0.751. The van der Waals surface area contributed by atoms with Crippen LogP contribution in [0.4, 0.5) is 0 Å². The van der Waals surface area contributed by atoms with E-state index in [0.717, 1.165) is 36.1 Å². The first-order valence-corrected chi connectivity index (χ1v) is 9.22. The van der Waals surface area contributed by atoms with Crippen LogP contribution in [0, 0.1) is 4.77 Å². The molecule has 2 N–H and O–H groups in total. The molecule has 0 amide bonds. The third-order valence-electron chi connectivity index (χ3n) is 4.86. The van der Waals surface area contributed by atoms with Gasteiger partial charge in [-0.15, -0.1) is 0 Å². The molecule has 0 aliphatic carbocycles. The largest absolute Gasteiger partial charge is 0.497 e. The Morgan fingerprint density at radius 3 is 2.24 bits per heavy atom. The van der Waals surface area contributed by atoms with Crippen LogP contribution in [0.2, 0.25) is 0 Å². The van der Waals surface area contributed by atoms with Gasteiger partial charge in [0.05, 0.1) is 7.11 Å². The number of benzene rings is 1. The normalized spacial score (nSPS) is 20.4. The van der Waals surface area contributed by atoms with Crippen molar-refractivity contribution in [3.05, 3.63) is 41.4 Å². The summed E-state index contributed by atoms with van der Waals surface area (Å²) in [6.45, 7) is 7.48. The fourth-order valence-electron chi connectivity index (χ4n) is 3.22. The lowest BCUT2D eigenvalue weighted by Gasteiger charge is -2.29. The van der Waals surface area contributed by atoms with E-state index in [9.17, 15) is 0 Å². The van der Waals surface area contributed by atoms with Crippen LogP contribution in [-0.4, -0.2) is 55.6 Å². The number of quaternary nitrogens is 2. The smallest absolute Gasteiger partial charge is 0.183 e. The third-order valence-corrected chi connectivity index (χ3v) is 5.38. The Hall–Kier alpha value is -1.83. The second kappa shape index (κ2) is 8.51. The molecule has 0 unspecified atom stereocenters. The fourth-order valence-corrected chi connectivity index (χ4v) is 3.41. The number of aryl methyl sites for hydroxylation is 1. The molecule has 0 atom stereocenters. The van der Waals surface area contributed by atoms with Crippen LogP contribution in [-0.2, 0) is 13.7 Å². The lowest BCUT2D eigenvalue weighted by atomic mass is 10.3. The maximum absolute atomic E-state index is 5.85. The Morgan fingerprint density at radius 2 is 1.64 bits per heavy atom. The van der Waals surface area contributed by atoms with Gasteiger partial charge in [-0.2, -0.15) is 0 Å². The Bertz CT molecular complexity index is 717. The van der Waals surface area contributed by atoms with Gasteiger partial charge in [0.15, 0.2) is 11.4 Å². The summed E-state index contributed by atoms with van der Waals surface area (Å²) in [5.74, 6) is 1.76. The van der Waals surface area contributed by atoms with Gasteiger partial charge in [0.1, 0.15) is 50.8 Å². The number of hydrogen-bond donors (Lipinski definition) is 2. The predicted molar refractivity (Wildman–Crippen MR) is 99.0 cm³/mol. The number of rotatable bonds is 7. The van der Waals surface area contributed by atoms with E-state index in [1.54, 1.807) is 16.9 Å². The summed E-state index contributed by atoms with van der Waals surface area (Å²) < 4.78 is 16.1. The van der Waals surface area contributed by atoms with Gasteiger partial charge in [-0.05, 0) is 36.5 Å². The van der Waals surface area contributed by atoms with Crippen molar-refractivity contribution >= 4 is 12.2 Å². The molecule has 1 saturated heterocycles. The van der Waals surface area contributed by atoms with Crippen LogP contribution in [0.3, 0.4) is 0 Å². The van der Waals surface area contributed by atoms with Crippen molar-refractivity contribution < 1.29 is 19.3 Å². The monoisotopic (exact) mass is 364 g/mol. The first-order chi connectivity index (χ1) is 12.2. The molecule has 1 aromatic heterocycles. The number of piperazine rings is 1. The molecule has 25 heavy (non-hydrogen) atoms. The summed E-state index contributed by atoms with van der Waals surface area (Å²) in [6.07, 6.45) is 4.11. The second-order valence-corrected chi connectivity index (χ2v) is 6.96. The standard InChI is InChI=1S/C18H26N4O2S/c1-19-7-12-22(18(19)25)15-21-10-8-20(9-11-21)13-14-24-17-5-3-16(23-2)4-6-17/h3-7,12H,8-11,13-15H2,1-2H3/p+2. The van der Waals surface area contributed by atoms with Crippen LogP contribution in [0.1, 0.15) is 0 Å². The quantitative estimate of drug-likeness (QED) is 0.644. The Balaban J connectivity index is 1.37. The van der Waals surface area contributed by atoms with Crippen LogP contribution in [0.5, 0.6) is 11.5 Å². The van der Waals surface area contributed by atoms with Crippen LogP contribution in [0.25, 0.3) is 0 Å². The van der Waals surface area contributed by atoms with Crippen molar-refractivity contribution in [2.75, 3.05) is 46.4 Å². The van der Waals surface area contributed by atoms with Crippen molar-refractivity contribution in [3.63, 3.8) is 0 Å². The van der Waals surface area contributed by atoms with E-state index in [0.29, 0.717) is 0 Å². The Labute approximate surface area is 154 Å². The first kappa shape index (κ1) is 18.0. The number of nitrogens with zero attached hydrogens (tertiary/aromatic N) is 2. The summed E-state index contributed by atoms with van der Waals surface area (Å²) in [7, 11) is 3.67. The molecule has 1 fully saturated rings. The van der Waals surface area contributed by atoms with Gasteiger partial charge in [-0.3, -0.25) is 4.57 Å². The molecule has 0 radical (unpaired) electrons. The Morgan fingerprint density at radius 1 is 1.00 bits per heavy atom. The van der Waals surface area contributed by atoms with Crippen molar-refractivity contribution in [1.82, 2.24) is 9.13 Å². The van der Waals surface area contributed by atoms with E-state index in [-0.39, 0.29) is 0 Å². The Kier molecular flexibility index (Phi) is 6.12. The molecule has 2 heterocycles. The van der Waals surface area contributed by atoms with Crippen molar-refractivity contribution in [2.24, 2.45) is 7.05 Å². The van der Waals surface area contributed by atoms with E-state index >= 15 is 0 Å². The molecular formula is C18H28N4O2S+2. The lowest BCUT2D eigenvalue weighted by molar-refractivity contribution is -1.02. The third kappa shape index (κ3) is 4.84. The SMILES string of the molecule is COc1ccc(OCC[NH+]2CC[NH+](Cn3ccn(C)c3=S)CC2)cc1. The number of nitrogens with one attached hydrogen (secondary N) is 2. The highest BCUT2D eigenvalue weighted by Crippen LogP contribution is 2.16. The highest BCUT2D eigenvalue weighted by Gasteiger charge is 2.23. The first-order valence-electron chi connectivity index (χ1n) is 8.81. The predicted octanol–water partition coefficient (Wildman–Crippen LogP) is -0.615. The zero-order chi connectivity index (χ0) is 17.6. The molecule has 0 bridgehead atoms. The van der Waals surface area contributed by atoms with Gasteiger partial charge in [-0.1, -0.05) is 0 Å². The zero-order valence-corrected chi connectivity index (χ0v) is 15.8. The molecule has 7 heteroatoms. The zero-order valence-electron chi connectivity index (χ0n) is 15.0. The average Bonchev–Trinajstić information content (AvgIpc) is 2.96. The topological polar surface area (TPSA) is 37.2 Å². The number of methoxy groups -OCH3 is 1. The van der Waals surface area contributed by atoms with Gasteiger partial charge < -0.3 is 23.8 Å². The molecule has 1 aliphatic heterocycles. The molecule has 6 nitrogen and oxygen atoms in total. The van der Waals surface area contributed by atoms with Crippen molar-refractivity contribution in [3.8, 4) is 11.5 Å². The molecule has 1 aliphatic rings. The van der Waals surface area contributed by atoms with Gasteiger partial charge in [-0.25, -0.2) is 0 Å². The summed E-state index contributed by atoms with van der Waals surface area (Å²) >= 11 is 5.42. The molecule has 0 spiro atoms. The second-order valence-electron chi connectivity index (χ2n) is 6.59. The van der Waals surface area contributed by atoms with E-state index < -0.39 is 0 Å². The van der Waals surface area contributed by atoms with Crippen molar-refractivity contribution in [1.29, 1.82) is 0 Å². The van der Waals surface area contributed by atoms with E-state index in [1.807, 2.05) is 42.1 Å². The van der Waals surface area contributed by atoms with Crippen LogP contribution in [0.15, 0.2) is 36.7 Å². The summed E-state index contributed by atoms with van der Waals surface area (Å²) in [5.41, 5.74) is 0. The van der Waals surface area contributed by atoms with Gasteiger partial charge >= 0.3 is 0 Å². The molecule has 136 valence electrons. The fraction of sp³-hybridized carbons (Fsp3) is 0.500. The number of hydrogen-bond acceptors (Lipinski definition) is 3. The minimum Gasteiger partial charge on any atom is -0.497 e. The van der Waals surface area contributed by atoms with Crippen molar-refractivity contribution in [2.45, 2.75) is 6.67 Å². The summed E-state index contributed by atoms with van der Waals surface area (Å²) in [4.78, 5) is 3.22. The number of aromatic nitrogens is 2. The van der Waals surface area contributed by atoms with Gasteiger partial charge in [0.25, 0.3) is 0 Å². The van der Waals surface area contributed by atoms with Gasteiger partial charge in [0, 0.05) is 19.4 Å². The van der Waals surface area contributed by atoms with E-state index in [2.05, 4.69) is 10.8 Å². The maximum atomic E-state index is 5.85. The molecule has 3 rings (SSSR count). The number of imidazole rings is 1. The van der Waals surface area contributed by atoms with E-state index in [4.69, 9.17) is 21.7 Å². The highest BCUT2D eigenvalue weighted by molar-refractivity contribution is 7.71. The highest BCUT2D eigenvalue weighted by atomic mass is 32.1. The van der Waals surface area contributed by atoms with Crippen LogP contribution >= 0.6 is 12.2 Å². The van der Waals surface area contributed by atoms with E-state index in [1.165, 1.54) is 26.2 Å². The molecular weight excluding hydrogens is 336 g/mol. The minimum absolute atomic E-state index is 0.751. The molecule has 1 aromatic carbocycles. The molecule has 2 aromatic rings.